The number of pyridine rings is 1. The van der Waals surface area contributed by atoms with E-state index in [1.807, 2.05) is 0 Å². The molecular weight excluding hydrogens is 228 g/mol. The third-order valence-corrected chi connectivity index (χ3v) is 3.22. The maximum Gasteiger partial charge on any atom is 0.212 e. The number of rotatable bonds is 6. The van der Waals surface area contributed by atoms with Gasteiger partial charge in [-0.25, -0.2) is 13.1 Å². The van der Waals surface area contributed by atoms with Crippen LogP contribution < -0.4 is 10.5 Å². The molecule has 16 heavy (non-hydrogen) atoms. The highest BCUT2D eigenvalue weighted by atomic mass is 32.2. The number of amidine groups is 1. The molecule has 7 heteroatoms. The van der Waals surface area contributed by atoms with E-state index in [-0.39, 0.29) is 18.1 Å². The van der Waals surface area contributed by atoms with Crippen molar-refractivity contribution in [2.75, 3.05) is 12.3 Å². The average molecular weight is 242 g/mol. The summed E-state index contributed by atoms with van der Waals surface area (Å²) in [6.45, 7) is -0.140. The summed E-state index contributed by atoms with van der Waals surface area (Å²) >= 11 is 0. The first-order valence-electron chi connectivity index (χ1n) is 4.69. The zero-order valence-corrected chi connectivity index (χ0v) is 9.50. The highest BCUT2D eigenvalue weighted by Crippen LogP contribution is 1.99. The van der Waals surface area contributed by atoms with Gasteiger partial charge < -0.3 is 5.73 Å². The van der Waals surface area contributed by atoms with Gasteiger partial charge in [-0.3, -0.25) is 10.4 Å². The summed E-state index contributed by atoms with van der Waals surface area (Å²) < 4.78 is 25.1. The van der Waals surface area contributed by atoms with Crippen molar-refractivity contribution < 1.29 is 8.42 Å². The Morgan fingerprint density at radius 2 is 2.06 bits per heavy atom. The first-order valence-corrected chi connectivity index (χ1v) is 6.34. The fourth-order valence-corrected chi connectivity index (χ4v) is 2.09. The quantitative estimate of drug-likeness (QED) is 0.460. The summed E-state index contributed by atoms with van der Waals surface area (Å²) in [6.07, 6.45) is 3.64. The summed E-state index contributed by atoms with van der Waals surface area (Å²) in [5, 5.41) is 6.91. The van der Waals surface area contributed by atoms with Crippen molar-refractivity contribution in [2.24, 2.45) is 5.73 Å². The minimum absolute atomic E-state index is 0.0235. The van der Waals surface area contributed by atoms with Crippen LogP contribution in [0.4, 0.5) is 0 Å². The van der Waals surface area contributed by atoms with Gasteiger partial charge in [-0.1, -0.05) is 0 Å². The van der Waals surface area contributed by atoms with Crippen LogP contribution in [0, 0.1) is 5.41 Å². The van der Waals surface area contributed by atoms with Crippen molar-refractivity contribution in [2.45, 2.75) is 6.42 Å². The Morgan fingerprint density at radius 1 is 1.44 bits per heavy atom. The molecule has 0 bridgehead atoms. The molecule has 0 amide bonds. The monoisotopic (exact) mass is 242 g/mol. The van der Waals surface area contributed by atoms with E-state index < -0.39 is 10.0 Å². The van der Waals surface area contributed by atoms with Crippen molar-refractivity contribution >= 4 is 15.9 Å². The Labute approximate surface area is 94.4 Å². The van der Waals surface area contributed by atoms with E-state index in [1.165, 1.54) is 0 Å². The second-order valence-corrected chi connectivity index (χ2v) is 5.20. The van der Waals surface area contributed by atoms with Gasteiger partial charge in [0.1, 0.15) is 5.84 Å². The Morgan fingerprint density at radius 3 is 2.62 bits per heavy atom. The molecule has 0 aliphatic heterocycles. The summed E-state index contributed by atoms with van der Waals surface area (Å²) in [4.78, 5) is 3.84. The lowest BCUT2D eigenvalue weighted by Gasteiger charge is -2.05. The number of aromatic nitrogens is 1. The van der Waals surface area contributed by atoms with Crippen LogP contribution in [-0.4, -0.2) is 31.5 Å². The normalized spacial score (nSPS) is 11.2. The number of sulfonamides is 1. The summed E-state index contributed by atoms with van der Waals surface area (Å²) in [5.41, 5.74) is 5.96. The third kappa shape index (κ3) is 4.85. The van der Waals surface area contributed by atoms with Gasteiger partial charge >= 0.3 is 0 Å². The Hall–Kier alpha value is -1.47. The van der Waals surface area contributed by atoms with Gasteiger partial charge in [-0.05, 0) is 24.1 Å². The number of hydrogen-bond donors (Lipinski definition) is 3. The molecule has 4 N–H and O–H groups in total. The number of nitrogens with two attached hydrogens (primary N) is 1. The van der Waals surface area contributed by atoms with E-state index in [2.05, 4.69) is 9.71 Å². The topological polar surface area (TPSA) is 109 Å². The minimum Gasteiger partial charge on any atom is -0.387 e. The molecular formula is C9H14N4O2S. The Kier molecular flexibility index (Phi) is 4.39. The summed E-state index contributed by atoms with van der Waals surface area (Å²) in [7, 11) is -3.37. The number of hydrogen-bond acceptors (Lipinski definition) is 4. The van der Waals surface area contributed by atoms with Gasteiger partial charge in [0.15, 0.2) is 0 Å². The third-order valence-electron chi connectivity index (χ3n) is 1.89. The molecule has 0 saturated heterocycles. The molecule has 1 heterocycles. The fourth-order valence-electron chi connectivity index (χ4n) is 1.06. The molecule has 0 atom stereocenters. The van der Waals surface area contributed by atoms with Gasteiger partial charge in [-0.2, -0.15) is 0 Å². The summed E-state index contributed by atoms with van der Waals surface area (Å²) in [5.74, 6) is -0.225. The van der Waals surface area contributed by atoms with E-state index in [0.717, 1.165) is 5.56 Å². The smallest absolute Gasteiger partial charge is 0.212 e. The van der Waals surface area contributed by atoms with Crippen molar-refractivity contribution in [1.82, 2.24) is 9.71 Å². The van der Waals surface area contributed by atoms with Crippen molar-refractivity contribution in [3.05, 3.63) is 30.1 Å². The van der Waals surface area contributed by atoms with Crippen LogP contribution in [0.25, 0.3) is 0 Å². The van der Waals surface area contributed by atoms with Crippen molar-refractivity contribution in [3.63, 3.8) is 0 Å². The van der Waals surface area contributed by atoms with Crippen LogP contribution in [0.15, 0.2) is 24.5 Å². The first kappa shape index (κ1) is 12.6. The predicted octanol–water partition coefficient (Wildman–Crippen LogP) is -0.521. The zero-order chi connectivity index (χ0) is 12.0. The number of aryl methyl sites for hydroxylation is 1. The molecule has 0 radical (unpaired) electrons. The maximum atomic E-state index is 11.4. The molecule has 0 saturated carbocycles. The average Bonchev–Trinajstić information content (AvgIpc) is 2.26. The zero-order valence-electron chi connectivity index (χ0n) is 8.68. The van der Waals surface area contributed by atoms with Crippen LogP contribution in [0.1, 0.15) is 5.56 Å². The van der Waals surface area contributed by atoms with E-state index >= 15 is 0 Å². The first-order chi connectivity index (χ1) is 7.49. The standard InChI is InChI=1S/C9H14N4O2S/c10-9(11)7-13-16(14,15)6-3-8-1-4-12-5-2-8/h1-2,4-5,13H,3,6-7H2,(H3,10,11). The predicted molar refractivity (Wildman–Crippen MR) is 61.6 cm³/mol. The molecule has 0 aliphatic carbocycles. The van der Waals surface area contributed by atoms with Gasteiger partial charge in [-0.15, -0.1) is 0 Å². The van der Waals surface area contributed by atoms with E-state index in [1.54, 1.807) is 24.5 Å². The largest absolute Gasteiger partial charge is 0.387 e. The van der Waals surface area contributed by atoms with E-state index in [4.69, 9.17) is 11.1 Å². The van der Waals surface area contributed by atoms with Crippen LogP contribution >= 0.6 is 0 Å². The SMILES string of the molecule is N=C(N)CNS(=O)(=O)CCc1ccncc1. The van der Waals surface area contributed by atoms with Gasteiger partial charge in [0, 0.05) is 12.4 Å². The fraction of sp³-hybridized carbons (Fsp3) is 0.333. The molecule has 6 nitrogen and oxygen atoms in total. The van der Waals surface area contributed by atoms with Crippen LogP contribution in [0.5, 0.6) is 0 Å². The van der Waals surface area contributed by atoms with Crippen LogP contribution in [0.3, 0.4) is 0 Å². The highest BCUT2D eigenvalue weighted by molar-refractivity contribution is 7.89. The molecule has 0 spiro atoms. The van der Waals surface area contributed by atoms with E-state index in [0.29, 0.717) is 6.42 Å². The molecule has 0 fully saturated rings. The maximum absolute atomic E-state index is 11.4. The van der Waals surface area contributed by atoms with Crippen molar-refractivity contribution in [1.29, 1.82) is 5.41 Å². The lowest BCUT2D eigenvalue weighted by molar-refractivity contribution is 0.585. The second-order valence-electron chi connectivity index (χ2n) is 3.27. The Balaban J connectivity index is 2.45. The number of nitrogens with zero attached hydrogens (tertiary/aromatic N) is 1. The summed E-state index contributed by atoms with van der Waals surface area (Å²) in [6, 6.07) is 3.53. The molecule has 1 aromatic heterocycles. The lowest BCUT2D eigenvalue weighted by Crippen LogP contribution is -2.34. The molecule has 0 aliphatic rings. The molecule has 0 aromatic carbocycles. The lowest BCUT2D eigenvalue weighted by atomic mass is 10.2. The molecule has 88 valence electrons. The molecule has 1 aromatic rings. The molecule has 0 unspecified atom stereocenters. The minimum atomic E-state index is -3.37. The van der Waals surface area contributed by atoms with E-state index in [9.17, 15) is 8.42 Å². The second kappa shape index (κ2) is 5.57. The van der Waals surface area contributed by atoms with Gasteiger partial charge in [0.2, 0.25) is 10.0 Å². The van der Waals surface area contributed by atoms with Crippen LogP contribution in [-0.2, 0) is 16.4 Å². The molecule has 1 rings (SSSR count). The highest BCUT2D eigenvalue weighted by Gasteiger charge is 2.09. The van der Waals surface area contributed by atoms with Gasteiger partial charge in [0.25, 0.3) is 0 Å². The van der Waals surface area contributed by atoms with Gasteiger partial charge in [0.05, 0.1) is 12.3 Å². The Bertz CT molecular complexity index is 444. The van der Waals surface area contributed by atoms with Crippen LogP contribution in [0.2, 0.25) is 0 Å². The number of nitrogens with one attached hydrogen (secondary N) is 2. The van der Waals surface area contributed by atoms with Crippen molar-refractivity contribution in [3.8, 4) is 0 Å².